The second-order valence-corrected chi connectivity index (χ2v) is 6.48. The maximum Gasteiger partial charge on any atom is 0.254 e. The monoisotopic (exact) mass is 355 g/mol. The minimum absolute atomic E-state index is 0.00653. The molecule has 134 valence electrons. The van der Waals surface area contributed by atoms with Crippen molar-refractivity contribution in [2.24, 2.45) is 0 Å². The Bertz CT molecular complexity index is 813. The highest BCUT2D eigenvalue weighted by atomic mass is 19.1. The summed E-state index contributed by atoms with van der Waals surface area (Å²) >= 11 is 0. The van der Waals surface area contributed by atoms with Gasteiger partial charge in [0.25, 0.3) is 5.91 Å². The molecule has 3 heterocycles. The molecule has 2 aromatic rings. The van der Waals surface area contributed by atoms with Gasteiger partial charge in [-0.2, -0.15) is 0 Å². The molecule has 0 spiro atoms. The lowest BCUT2D eigenvalue weighted by Gasteiger charge is -2.36. The van der Waals surface area contributed by atoms with E-state index >= 15 is 0 Å². The van der Waals surface area contributed by atoms with Crippen molar-refractivity contribution in [1.29, 1.82) is 0 Å². The van der Waals surface area contributed by atoms with E-state index in [1.807, 2.05) is 18.2 Å². The number of hydrogen-bond donors (Lipinski definition) is 0. The van der Waals surface area contributed by atoms with E-state index in [1.54, 1.807) is 16.0 Å². The number of ether oxygens (including phenoxy) is 1. The zero-order valence-electron chi connectivity index (χ0n) is 14.0. The third-order valence-electron chi connectivity index (χ3n) is 4.82. The number of carbonyl (C=O) groups excluding carboxylic acids is 2. The molecule has 4 rings (SSSR count). The van der Waals surface area contributed by atoms with Gasteiger partial charge >= 0.3 is 0 Å². The minimum Gasteiger partial charge on any atom is -0.364 e. The molecule has 0 N–H and O–H groups in total. The van der Waals surface area contributed by atoms with Gasteiger partial charge in [-0.15, -0.1) is 0 Å². The van der Waals surface area contributed by atoms with Crippen LogP contribution in [-0.2, 0) is 16.1 Å². The summed E-state index contributed by atoms with van der Waals surface area (Å²) in [7, 11) is 0. The van der Waals surface area contributed by atoms with E-state index < -0.39 is 0 Å². The van der Waals surface area contributed by atoms with E-state index in [1.165, 1.54) is 24.3 Å². The number of morpholine rings is 1. The van der Waals surface area contributed by atoms with Crippen molar-refractivity contribution in [3.63, 3.8) is 0 Å². The average Bonchev–Trinajstić information content (AvgIpc) is 3.10. The average molecular weight is 355 g/mol. The fourth-order valence-corrected chi connectivity index (χ4v) is 3.48. The lowest BCUT2D eigenvalue weighted by atomic mass is 10.1. The minimum atomic E-state index is -0.382. The molecule has 0 saturated carbocycles. The molecule has 0 radical (unpaired) electrons. The SMILES string of the molecule is O=C(c1ccc(F)cc1)N1CC2OCC(=O)N(Cc3ccccn3)C2C1. The van der Waals surface area contributed by atoms with E-state index in [9.17, 15) is 14.0 Å². The van der Waals surface area contributed by atoms with Gasteiger partial charge in [0, 0.05) is 24.8 Å². The molecule has 2 aliphatic heterocycles. The smallest absolute Gasteiger partial charge is 0.254 e. The number of nitrogens with zero attached hydrogens (tertiary/aromatic N) is 3. The van der Waals surface area contributed by atoms with Gasteiger partial charge in [0.15, 0.2) is 0 Å². The van der Waals surface area contributed by atoms with Gasteiger partial charge in [0.05, 0.1) is 24.4 Å². The summed E-state index contributed by atoms with van der Waals surface area (Å²) in [5.74, 6) is -0.673. The van der Waals surface area contributed by atoms with E-state index in [0.29, 0.717) is 25.2 Å². The molecule has 2 saturated heterocycles. The van der Waals surface area contributed by atoms with Crippen LogP contribution in [0.5, 0.6) is 0 Å². The number of pyridine rings is 1. The fourth-order valence-electron chi connectivity index (χ4n) is 3.48. The normalized spacial score (nSPS) is 22.4. The van der Waals surface area contributed by atoms with Crippen molar-refractivity contribution >= 4 is 11.8 Å². The van der Waals surface area contributed by atoms with Crippen LogP contribution >= 0.6 is 0 Å². The summed E-state index contributed by atoms with van der Waals surface area (Å²) in [5.41, 5.74) is 1.22. The predicted molar refractivity (Wildman–Crippen MR) is 90.6 cm³/mol. The summed E-state index contributed by atoms with van der Waals surface area (Å²) in [5, 5.41) is 0. The number of amides is 2. The summed E-state index contributed by atoms with van der Waals surface area (Å²) in [6.07, 6.45) is 1.47. The maximum absolute atomic E-state index is 13.1. The number of halogens is 1. The Kier molecular flexibility index (Phi) is 4.38. The van der Waals surface area contributed by atoms with Crippen LogP contribution in [0.25, 0.3) is 0 Å². The second kappa shape index (κ2) is 6.84. The van der Waals surface area contributed by atoms with Crippen LogP contribution in [0.15, 0.2) is 48.7 Å². The molecule has 2 unspecified atom stereocenters. The first-order chi connectivity index (χ1) is 12.6. The lowest BCUT2D eigenvalue weighted by Crippen LogP contribution is -2.53. The van der Waals surface area contributed by atoms with Gasteiger partial charge in [-0.05, 0) is 36.4 Å². The van der Waals surface area contributed by atoms with E-state index in [4.69, 9.17) is 4.74 Å². The largest absolute Gasteiger partial charge is 0.364 e. The number of rotatable bonds is 3. The van der Waals surface area contributed by atoms with Crippen LogP contribution in [0, 0.1) is 5.82 Å². The van der Waals surface area contributed by atoms with E-state index in [2.05, 4.69) is 4.98 Å². The fraction of sp³-hybridized carbons (Fsp3) is 0.316. The Morgan fingerprint density at radius 3 is 2.73 bits per heavy atom. The van der Waals surface area contributed by atoms with Gasteiger partial charge in [0.2, 0.25) is 5.91 Å². The first-order valence-corrected chi connectivity index (χ1v) is 8.47. The van der Waals surface area contributed by atoms with E-state index in [0.717, 1.165) is 5.69 Å². The highest BCUT2D eigenvalue weighted by Gasteiger charge is 2.44. The number of likely N-dealkylation sites (tertiary alicyclic amines) is 1. The maximum atomic E-state index is 13.1. The van der Waals surface area contributed by atoms with Crippen molar-refractivity contribution in [2.75, 3.05) is 19.7 Å². The zero-order valence-corrected chi connectivity index (χ0v) is 14.0. The number of carbonyl (C=O) groups is 2. The van der Waals surface area contributed by atoms with Gasteiger partial charge in [0.1, 0.15) is 12.4 Å². The molecule has 1 aromatic heterocycles. The summed E-state index contributed by atoms with van der Waals surface area (Å²) in [4.78, 5) is 32.7. The van der Waals surface area contributed by atoms with Crippen molar-refractivity contribution in [2.45, 2.75) is 18.7 Å². The van der Waals surface area contributed by atoms with Crippen molar-refractivity contribution in [3.05, 3.63) is 65.7 Å². The Balaban J connectivity index is 1.51. The first kappa shape index (κ1) is 16.7. The molecule has 1 aromatic carbocycles. The first-order valence-electron chi connectivity index (χ1n) is 8.47. The van der Waals surface area contributed by atoms with E-state index in [-0.39, 0.29) is 36.4 Å². The molecule has 2 amide bonds. The van der Waals surface area contributed by atoms with Crippen LogP contribution in [0.1, 0.15) is 16.1 Å². The Morgan fingerprint density at radius 2 is 2.00 bits per heavy atom. The Morgan fingerprint density at radius 1 is 1.19 bits per heavy atom. The second-order valence-electron chi connectivity index (χ2n) is 6.48. The predicted octanol–water partition coefficient (Wildman–Crippen LogP) is 1.47. The standard InChI is InChI=1S/C19H18FN3O3/c20-14-6-4-13(5-7-14)19(25)22-10-16-17(11-22)26-12-18(24)23(16)9-15-3-1-2-8-21-15/h1-8,16-17H,9-12H2. The van der Waals surface area contributed by atoms with Gasteiger partial charge in [-0.3, -0.25) is 14.6 Å². The lowest BCUT2D eigenvalue weighted by molar-refractivity contribution is -0.154. The van der Waals surface area contributed by atoms with Crippen LogP contribution in [0.3, 0.4) is 0 Å². The Labute approximate surface area is 150 Å². The molecular formula is C19H18FN3O3. The summed E-state index contributed by atoms with van der Waals surface area (Å²) < 4.78 is 18.7. The molecule has 7 heteroatoms. The zero-order chi connectivity index (χ0) is 18.1. The van der Waals surface area contributed by atoms with Crippen molar-refractivity contribution < 1.29 is 18.7 Å². The van der Waals surface area contributed by atoms with Crippen LogP contribution in [0.4, 0.5) is 4.39 Å². The van der Waals surface area contributed by atoms with Crippen LogP contribution in [-0.4, -0.2) is 58.4 Å². The topological polar surface area (TPSA) is 62.7 Å². The summed E-state index contributed by atoms with van der Waals surface area (Å²) in [6.45, 7) is 1.20. The highest BCUT2D eigenvalue weighted by Crippen LogP contribution is 2.26. The molecule has 6 nitrogen and oxygen atoms in total. The van der Waals surface area contributed by atoms with Gasteiger partial charge < -0.3 is 14.5 Å². The Hall–Kier alpha value is -2.80. The van der Waals surface area contributed by atoms with Crippen LogP contribution in [0.2, 0.25) is 0 Å². The molecule has 0 aliphatic carbocycles. The third kappa shape index (κ3) is 3.17. The van der Waals surface area contributed by atoms with Crippen molar-refractivity contribution in [1.82, 2.24) is 14.8 Å². The molecule has 2 fully saturated rings. The number of fused-ring (bicyclic) bond motifs is 1. The molecule has 0 bridgehead atoms. The van der Waals surface area contributed by atoms with Gasteiger partial charge in [-0.1, -0.05) is 6.07 Å². The van der Waals surface area contributed by atoms with Crippen molar-refractivity contribution in [3.8, 4) is 0 Å². The quantitative estimate of drug-likeness (QED) is 0.837. The summed E-state index contributed by atoms with van der Waals surface area (Å²) in [6, 6.07) is 10.8. The molecular weight excluding hydrogens is 337 g/mol. The molecule has 2 atom stereocenters. The number of aromatic nitrogens is 1. The number of hydrogen-bond acceptors (Lipinski definition) is 4. The van der Waals surface area contributed by atoms with Crippen LogP contribution < -0.4 is 0 Å². The highest BCUT2D eigenvalue weighted by molar-refractivity contribution is 5.94. The number of benzene rings is 1. The van der Waals surface area contributed by atoms with Gasteiger partial charge in [-0.25, -0.2) is 4.39 Å². The third-order valence-corrected chi connectivity index (χ3v) is 4.82. The molecule has 2 aliphatic rings. The molecule has 26 heavy (non-hydrogen) atoms.